The summed E-state index contributed by atoms with van der Waals surface area (Å²) in [5.74, 6) is -3.22. The van der Waals surface area contributed by atoms with E-state index in [4.69, 9.17) is 23.7 Å². The van der Waals surface area contributed by atoms with Gasteiger partial charge in [-0.15, -0.1) is 0 Å². The number of carbonyl (C=O) groups excluding carboxylic acids is 2. The second-order valence-corrected chi connectivity index (χ2v) is 17.6. The van der Waals surface area contributed by atoms with E-state index in [9.17, 15) is 19.8 Å². The lowest BCUT2D eigenvalue weighted by molar-refractivity contribution is -0.300. The van der Waals surface area contributed by atoms with Crippen molar-refractivity contribution < 1.29 is 43.5 Å². The normalized spacial score (nSPS) is 38.5. The Bertz CT molecular complexity index is 1950. The molecular weight excluding hydrogens is 757 g/mol. The first-order chi connectivity index (χ1) is 27.8. The van der Waals surface area contributed by atoms with Gasteiger partial charge in [0.05, 0.1) is 18.8 Å². The molecule has 2 saturated heterocycles. The van der Waals surface area contributed by atoms with Gasteiger partial charge in [0.25, 0.3) is 0 Å². The summed E-state index contributed by atoms with van der Waals surface area (Å²) in [5.41, 5.74) is 0.685. The van der Waals surface area contributed by atoms with Gasteiger partial charge in [0.2, 0.25) is 0 Å². The Kier molecular flexibility index (Phi) is 12.9. The highest BCUT2D eigenvalue weighted by molar-refractivity contribution is 8.00. The Labute approximate surface area is 345 Å². The first-order valence-corrected chi connectivity index (χ1v) is 21.4. The van der Waals surface area contributed by atoms with Gasteiger partial charge >= 0.3 is 11.9 Å². The van der Waals surface area contributed by atoms with Crippen molar-refractivity contribution in [1.82, 2.24) is 9.97 Å². The van der Waals surface area contributed by atoms with Crippen LogP contribution in [0.1, 0.15) is 78.0 Å². The molecule has 1 aliphatic carbocycles. The molecule has 4 aliphatic heterocycles. The third-order valence-corrected chi connectivity index (χ3v) is 13.5. The fourth-order valence-corrected chi connectivity index (χ4v) is 9.76. The average Bonchev–Trinajstić information content (AvgIpc) is 3.56. The summed E-state index contributed by atoms with van der Waals surface area (Å²) in [6.07, 6.45) is 14.4. The number of esters is 2. The summed E-state index contributed by atoms with van der Waals surface area (Å²) in [7, 11) is 0. The molecule has 13 atom stereocenters. The predicted octanol–water partition coefficient (Wildman–Crippen LogP) is 7.18. The standard InChI is InChI=1S/C46H56N2O9S/c1-7-27(2)39-30(5)19-20-45(57-39)25-35-24-34(56-45)18-17-29(4)38(55-43(51)40(32-14-9-8-10-15-32)58-44-47-21-12-22-48-44)28(3)13-11-16-33-26-53-41-37(49)31(6)23-36(42(50)54-35)46(33,41)52/h8-17,19-23,27-28,30,34-41,49,52H,7,18,24-26H2,1-6H3/b13-11+,29-17+,33-16+/t27?,28-,30-,34+,35-,36-,37+,38?,39+,40?,41+,45+,46+/m0/s1. The highest BCUT2D eigenvalue weighted by atomic mass is 32.2. The molecule has 12 heteroatoms. The first-order valence-electron chi connectivity index (χ1n) is 20.5. The highest BCUT2D eigenvalue weighted by Crippen LogP contribution is 2.47. The van der Waals surface area contributed by atoms with Gasteiger partial charge in [-0.25, -0.2) is 9.97 Å². The molecule has 5 heterocycles. The van der Waals surface area contributed by atoms with Gasteiger partial charge in [-0.3, -0.25) is 9.59 Å². The monoisotopic (exact) mass is 812 g/mol. The number of hydrogen-bond acceptors (Lipinski definition) is 12. The van der Waals surface area contributed by atoms with E-state index in [0.29, 0.717) is 29.1 Å². The Morgan fingerprint density at radius 2 is 1.79 bits per heavy atom. The van der Waals surface area contributed by atoms with Gasteiger partial charge in [-0.05, 0) is 60.6 Å². The molecule has 310 valence electrons. The maximum Gasteiger partial charge on any atom is 0.324 e. The van der Waals surface area contributed by atoms with Gasteiger partial charge in [-0.1, -0.05) is 113 Å². The van der Waals surface area contributed by atoms with E-state index < -0.39 is 65.0 Å². The molecule has 0 saturated carbocycles. The molecule has 1 spiro atoms. The smallest absolute Gasteiger partial charge is 0.324 e. The molecule has 1 aromatic heterocycles. The molecule has 0 amide bonds. The van der Waals surface area contributed by atoms with E-state index >= 15 is 0 Å². The number of ether oxygens (including phenoxy) is 5. The van der Waals surface area contributed by atoms with Gasteiger partial charge in [0, 0.05) is 37.1 Å². The molecule has 2 bridgehead atoms. The third kappa shape index (κ3) is 8.69. The molecule has 5 aliphatic rings. The fraction of sp³-hybridized carbons (Fsp3) is 0.522. The van der Waals surface area contributed by atoms with Crippen LogP contribution in [0.2, 0.25) is 0 Å². The van der Waals surface area contributed by atoms with Crippen molar-refractivity contribution in [2.45, 2.75) is 126 Å². The van der Waals surface area contributed by atoms with E-state index in [2.05, 4.69) is 36.8 Å². The number of fused-ring (bicyclic) bond motifs is 2. The van der Waals surface area contributed by atoms with E-state index in [1.165, 1.54) is 11.8 Å². The van der Waals surface area contributed by atoms with Crippen molar-refractivity contribution in [1.29, 1.82) is 0 Å². The zero-order chi connectivity index (χ0) is 41.2. The molecule has 11 nitrogen and oxygen atoms in total. The topological polar surface area (TPSA) is 147 Å². The van der Waals surface area contributed by atoms with Crippen LogP contribution in [0, 0.1) is 23.7 Å². The van der Waals surface area contributed by atoms with Crippen LogP contribution in [0.5, 0.6) is 0 Å². The van der Waals surface area contributed by atoms with E-state index in [-0.39, 0.29) is 36.9 Å². The molecule has 7 rings (SSSR count). The SMILES string of the molecule is CCC(C)[C@H]1O[C@]2(C=C[C@@H]1C)C[C@@H]1C[C@@H](C/C=C(\C)C(OC(=O)C(Sc3ncccn3)c3ccccc3)[C@@H](C)/C=C/C=C3\CO[C@@H]4[C@H](O)C(C)=C[C@@H](C(=O)O1)[C@]34O)O2. The molecule has 3 unspecified atom stereocenters. The number of thioether (sulfide) groups is 1. The summed E-state index contributed by atoms with van der Waals surface area (Å²) in [6.45, 7) is 12.1. The number of carbonyl (C=O) groups is 2. The number of hydrogen-bond donors (Lipinski definition) is 2. The largest absolute Gasteiger partial charge is 0.462 e. The second kappa shape index (κ2) is 17.7. The summed E-state index contributed by atoms with van der Waals surface area (Å²) < 4.78 is 32.6. The van der Waals surface area contributed by atoms with Crippen LogP contribution in [-0.2, 0) is 33.3 Å². The van der Waals surface area contributed by atoms with Crippen molar-refractivity contribution in [2.75, 3.05) is 6.61 Å². The van der Waals surface area contributed by atoms with Gasteiger partial charge < -0.3 is 33.9 Å². The molecule has 58 heavy (non-hydrogen) atoms. The predicted molar refractivity (Wildman–Crippen MR) is 219 cm³/mol. The van der Waals surface area contributed by atoms with Crippen LogP contribution in [0.3, 0.4) is 0 Å². The fourth-order valence-electron chi connectivity index (χ4n) is 8.86. The number of allylic oxidation sites excluding steroid dienone is 2. The quantitative estimate of drug-likeness (QED) is 0.126. The number of rotatable bonds is 7. The van der Waals surface area contributed by atoms with Crippen LogP contribution in [0.25, 0.3) is 0 Å². The summed E-state index contributed by atoms with van der Waals surface area (Å²) in [6, 6.07) is 11.2. The Balaban J connectivity index is 1.27. The number of aromatic nitrogens is 2. The Hall–Kier alpha value is -3.91. The number of aliphatic hydroxyl groups is 2. The number of benzene rings is 1. The molecule has 2 fully saturated rings. The van der Waals surface area contributed by atoms with Gasteiger partial charge in [-0.2, -0.15) is 0 Å². The minimum atomic E-state index is -1.86. The lowest BCUT2D eigenvalue weighted by Crippen LogP contribution is -2.58. The number of nitrogens with zero attached hydrogens (tertiary/aromatic N) is 2. The average molecular weight is 813 g/mol. The minimum absolute atomic E-state index is 0.00695. The van der Waals surface area contributed by atoms with E-state index in [1.807, 2.05) is 62.4 Å². The van der Waals surface area contributed by atoms with Gasteiger partial charge in [0.1, 0.15) is 41.2 Å². The lowest BCUT2D eigenvalue weighted by atomic mass is 9.71. The van der Waals surface area contributed by atoms with Crippen molar-refractivity contribution >= 4 is 23.7 Å². The van der Waals surface area contributed by atoms with Crippen LogP contribution >= 0.6 is 11.8 Å². The van der Waals surface area contributed by atoms with Crippen molar-refractivity contribution in [3.05, 3.63) is 114 Å². The molecule has 2 aromatic rings. The molecule has 1 aromatic carbocycles. The molecule has 0 radical (unpaired) electrons. The first kappa shape index (κ1) is 42.2. The van der Waals surface area contributed by atoms with Crippen LogP contribution < -0.4 is 0 Å². The summed E-state index contributed by atoms with van der Waals surface area (Å²) in [5, 5.41) is 23.3. The van der Waals surface area contributed by atoms with E-state index in [0.717, 1.165) is 17.6 Å². The van der Waals surface area contributed by atoms with Crippen LogP contribution in [-0.4, -0.2) is 86.7 Å². The maximum absolute atomic E-state index is 14.3. The minimum Gasteiger partial charge on any atom is -0.462 e. The zero-order valence-electron chi connectivity index (χ0n) is 34.1. The Morgan fingerprint density at radius 1 is 1.03 bits per heavy atom. The zero-order valence-corrected chi connectivity index (χ0v) is 34.9. The van der Waals surface area contributed by atoms with Crippen LogP contribution in [0.4, 0.5) is 0 Å². The second-order valence-electron chi connectivity index (χ2n) is 16.5. The molecule has 2 N–H and O–H groups in total. The molecular formula is C46H56N2O9S. The number of aliphatic hydroxyl groups excluding tert-OH is 1. The highest BCUT2D eigenvalue weighted by Gasteiger charge is 2.60. The third-order valence-electron chi connectivity index (χ3n) is 12.3. The summed E-state index contributed by atoms with van der Waals surface area (Å²) >= 11 is 1.23. The van der Waals surface area contributed by atoms with Crippen molar-refractivity contribution in [3.63, 3.8) is 0 Å². The van der Waals surface area contributed by atoms with Crippen molar-refractivity contribution in [3.8, 4) is 0 Å². The van der Waals surface area contributed by atoms with Gasteiger partial charge in [0.15, 0.2) is 10.9 Å². The lowest BCUT2D eigenvalue weighted by Gasteiger charge is -2.48. The maximum atomic E-state index is 14.3. The van der Waals surface area contributed by atoms with Crippen molar-refractivity contribution in [2.24, 2.45) is 23.7 Å². The van der Waals surface area contributed by atoms with Crippen LogP contribution in [0.15, 0.2) is 113 Å². The Morgan fingerprint density at radius 3 is 2.53 bits per heavy atom. The summed E-state index contributed by atoms with van der Waals surface area (Å²) in [4.78, 5) is 37.4. The van der Waals surface area contributed by atoms with E-state index in [1.54, 1.807) is 43.6 Å².